The van der Waals surface area contributed by atoms with E-state index in [2.05, 4.69) is 27.7 Å². The summed E-state index contributed by atoms with van der Waals surface area (Å²) >= 11 is 0. The van der Waals surface area contributed by atoms with Crippen LogP contribution in [0.15, 0.2) is 0 Å². The van der Waals surface area contributed by atoms with E-state index < -0.39 is 5.41 Å². The van der Waals surface area contributed by atoms with Gasteiger partial charge in [0.25, 0.3) is 0 Å². The van der Waals surface area contributed by atoms with E-state index in [-0.39, 0.29) is 5.97 Å². The fourth-order valence-electron chi connectivity index (χ4n) is 2.83. The van der Waals surface area contributed by atoms with Gasteiger partial charge in [0.2, 0.25) is 0 Å². The fourth-order valence-corrected chi connectivity index (χ4v) is 2.83. The van der Waals surface area contributed by atoms with E-state index in [1.54, 1.807) is 0 Å². The van der Waals surface area contributed by atoms with Gasteiger partial charge in [-0.1, -0.05) is 40.5 Å². The molecule has 0 rings (SSSR count). The first kappa shape index (κ1) is 17.4. The number of carbonyl (C=O) groups is 1. The minimum atomic E-state index is -0.487. The quantitative estimate of drug-likeness (QED) is 0.644. The lowest BCUT2D eigenvalue weighted by molar-refractivity contribution is -0.157. The van der Waals surface area contributed by atoms with Crippen molar-refractivity contribution in [3.63, 3.8) is 0 Å². The number of hydrogen-bond acceptors (Lipinski definition) is 3. The van der Waals surface area contributed by atoms with E-state index in [0.717, 1.165) is 25.7 Å². The summed E-state index contributed by atoms with van der Waals surface area (Å²) in [7, 11) is 0. The van der Waals surface area contributed by atoms with E-state index in [0.29, 0.717) is 25.0 Å². The normalized spacial score (nSPS) is 16.4. The second kappa shape index (κ2) is 8.52. The molecule has 0 aromatic rings. The Morgan fingerprint density at radius 3 is 2.22 bits per heavy atom. The Balaban J connectivity index is 4.90. The third kappa shape index (κ3) is 5.38. The van der Waals surface area contributed by atoms with Gasteiger partial charge in [0, 0.05) is 6.54 Å². The smallest absolute Gasteiger partial charge is 0.313 e. The lowest BCUT2D eigenvalue weighted by Crippen LogP contribution is -2.42. The molecule has 0 aliphatic heterocycles. The van der Waals surface area contributed by atoms with Crippen LogP contribution in [0.2, 0.25) is 0 Å². The maximum Gasteiger partial charge on any atom is 0.313 e. The van der Waals surface area contributed by atoms with Crippen molar-refractivity contribution in [2.45, 2.75) is 60.3 Å². The van der Waals surface area contributed by atoms with Gasteiger partial charge in [0.1, 0.15) is 0 Å². The minimum Gasteiger partial charge on any atom is -0.466 e. The number of ether oxygens (including phenoxy) is 1. The van der Waals surface area contributed by atoms with Crippen molar-refractivity contribution >= 4 is 5.97 Å². The molecular weight excluding hydrogens is 226 g/mol. The van der Waals surface area contributed by atoms with Crippen LogP contribution in [0.1, 0.15) is 60.3 Å². The van der Waals surface area contributed by atoms with Gasteiger partial charge in [-0.05, 0) is 31.6 Å². The standard InChI is InChI=1S/C15H31NO2/c1-6-8-13(5)10-15(11-16,9-12(3)4)14(17)18-7-2/h12-13H,6-11,16H2,1-5H3. The van der Waals surface area contributed by atoms with Crippen LogP contribution in [-0.2, 0) is 9.53 Å². The predicted octanol–water partition coefficient (Wildman–Crippen LogP) is 3.37. The van der Waals surface area contributed by atoms with E-state index in [4.69, 9.17) is 10.5 Å². The van der Waals surface area contributed by atoms with Gasteiger partial charge in [-0.2, -0.15) is 0 Å². The zero-order valence-corrected chi connectivity index (χ0v) is 12.8. The average Bonchev–Trinajstić information content (AvgIpc) is 2.27. The highest BCUT2D eigenvalue weighted by atomic mass is 16.5. The largest absolute Gasteiger partial charge is 0.466 e. The SMILES string of the molecule is CCCC(C)CC(CN)(CC(C)C)C(=O)OCC. The molecule has 0 aromatic carbocycles. The molecule has 3 heteroatoms. The number of hydrogen-bond donors (Lipinski definition) is 1. The molecule has 0 radical (unpaired) electrons. The van der Waals surface area contributed by atoms with Crippen LogP contribution in [0.5, 0.6) is 0 Å². The molecule has 108 valence electrons. The number of carbonyl (C=O) groups excluding carboxylic acids is 1. The third-order valence-corrected chi connectivity index (χ3v) is 3.42. The molecule has 2 N–H and O–H groups in total. The molecule has 0 heterocycles. The van der Waals surface area contributed by atoms with Crippen LogP contribution >= 0.6 is 0 Å². The predicted molar refractivity (Wildman–Crippen MR) is 76.3 cm³/mol. The van der Waals surface area contributed by atoms with Crippen molar-refractivity contribution in [2.24, 2.45) is 23.0 Å². The van der Waals surface area contributed by atoms with Crippen LogP contribution < -0.4 is 5.73 Å². The first-order chi connectivity index (χ1) is 8.41. The van der Waals surface area contributed by atoms with Crippen molar-refractivity contribution < 1.29 is 9.53 Å². The molecule has 0 fully saturated rings. The Kier molecular flexibility index (Phi) is 8.25. The zero-order valence-electron chi connectivity index (χ0n) is 12.8. The summed E-state index contributed by atoms with van der Waals surface area (Å²) in [5.74, 6) is 0.859. The first-order valence-corrected chi connectivity index (χ1v) is 7.29. The molecule has 0 aliphatic carbocycles. The molecule has 3 nitrogen and oxygen atoms in total. The summed E-state index contributed by atoms with van der Waals surface area (Å²) < 4.78 is 5.26. The summed E-state index contributed by atoms with van der Waals surface area (Å²) in [5.41, 5.74) is 5.44. The maximum atomic E-state index is 12.3. The van der Waals surface area contributed by atoms with Crippen molar-refractivity contribution in [1.29, 1.82) is 0 Å². The number of nitrogens with two attached hydrogens (primary N) is 1. The van der Waals surface area contributed by atoms with E-state index >= 15 is 0 Å². The third-order valence-electron chi connectivity index (χ3n) is 3.42. The average molecular weight is 257 g/mol. The van der Waals surface area contributed by atoms with Gasteiger partial charge in [0.05, 0.1) is 12.0 Å². The van der Waals surface area contributed by atoms with Gasteiger partial charge < -0.3 is 10.5 Å². The molecule has 2 atom stereocenters. The van der Waals surface area contributed by atoms with Crippen LogP contribution in [0.3, 0.4) is 0 Å². The molecule has 0 bridgehead atoms. The summed E-state index contributed by atoms with van der Waals surface area (Å²) in [4.78, 5) is 12.3. The van der Waals surface area contributed by atoms with Gasteiger partial charge in [0.15, 0.2) is 0 Å². The van der Waals surface area contributed by atoms with Gasteiger partial charge in [-0.3, -0.25) is 4.79 Å². The highest BCUT2D eigenvalue weighted by molar-refractivity contribution is 5.77. The fraction of sp³-hybridized carbons (Fsp3) is 0.933. The Morgan fingerprint density at radius 2 is 1.83 bits per heavy atom. The summed E-state index contributed by atoms with van der Waals surface area (Å²) in [6, 6.07) is 0. The maximum absolute atomic E-state index is 12.3. The van der Waals surface area contributed by atoms with Crippen LogP contribution in [-0.4, -0.2) is 19.1 Å². The lowest BCUT2D eigenvalue weighted by Gasteiger charge is -2.34. The lowest BCUT2D eigenvalue weighted by atomic mass is 9.73. The van der Waals surface area contributed by atoms with E-state index in [1.165, 1.54) is 0 Å². The summed E-state index contributed by atoms with van der Waals surface area (Å²) in [6.07, 6.45) is 3.94. The molecule has 0 aliphatic rings. The van der Waals surface area contributed by atoms with Crippen LogP contribution in [0.25, 0.3) is 0 Å². The highest BCUT2D eigenvalue weighted by Gasteiger charge is 2.40. The van der Waals surface area contributed by atoms with E-state index in [1.807, 2.05) is 6.92 Å². The molecule has 0 amide bonds. The zero-order chi connectivity index (χ0) is 14.2. The molecule has 2 unspecified atom stereocenters. The molecule has 18 heavy (non-hydrogen) atoms. The minimum absolute atomic E-state index is 0.107. The number of esters is 1. The van der Waals surface area contributed by atoms with Crippen molar-refractivity contribution in [3.8, 4) is 0 Å². The van der Waals surface area contributed by atoms with Crippen LogP contribution in [0.4, 0.5) is 0 Å². The molecule has 0 saturated heterocycles. The molecular formula is C15H31NO2. The summed E-state index contributed by atoms with van der Waals surface area (Å²) in [5, 5.41) is 0. The summed E-state index contributed by atoms with van der Waals surface area (Å²) in [6.45, 7) is 11.3. The van der Waals surface area contributed by atoms with Crippen LogP contribution in [0, 0.1) is 17.3 Å². The van der Waals surface area contributed by atoms with Crippen molar-refractivity contribution in [1.82, 2.24) is 0 Å². The first-order valence-electron chi connectivity index (χ1n) is 7.29. The van der Waals surface area contributed by atoms with Gasteiger partial charge in [-0.15, -0.1) is 0 Å². The molecule has 0 spiro atoms. The second-order valence-corrected chi connectivity index (χ2v) is 5.90. The second-order valence-electron chi connectivity index (χ2n) is 5.90. The van der Waals surface area contributed by atoms with Crippen molar-refractivity contribution in [3.05, 3.63) is 0 Å². The van der Waals surface area contributed by atoms with E-state index in [9.17, 15) is 4.79 Å². The van der Waals surface area contributed by atoms with Crippen molar-refractivity contribution in [2.75, 3.05) is 13.2 Å². The van der Waals surface area contributed by atoms with Gasteiger partial charge >= 0.3 is 5.97 Å². The topological polar surface area (TPSA) is 52.3 Å². The highest BCUT2D eigenvalue weighted by Crippen LogP contribution is 2.35. The Bertz CT molecular complexity index is 241. The Labute approximate surface area is 112 Å². The number of rotatable bonds is 9. The molecule has 0 saturated carbocycles. The van der Waals surface area contributed by atoms with Gasteiger partial charge in [-0.25, -0.2) is 0 Å². The monoisotopic (exact) mass is 257 g/mol. The Hall–Kier alpha value is -0.570. The Morgan fingerprint density at radius 1 is 1.22 bits per heavy atom. The molecule has 0 aromatic heterocycles.